The normalized spacial score (nSPS) is 10.7. The molecular formula is C27H38N2O3. The molecule has 5 heteroatoms. The standard InChI is InChI=1S/C27H38N2O3/c1-22-11-13-24(14-12-22)9-7-20-32-21-19-27(31)29-25-17-15-23(16-18-25)8-5-3-4-6-10-26(30)28-2/h11-18H,3-10,19-21H2,1-2H3,(H,28,30)(H,29,31). The van der Waals surface area contributed by atoms with Crippen LogP contribution in [0.2, 0.25) is 0 Å². The maximum absolute atomic E-state index is 12.1. The molecule has 0 spiro atoms. The summed E-state index contributed by atoms with van der Waals surface area (Å²) in [5.41, 5.74) is 4.69. The second-order valence-corrected chi connectivity index (χ2v) is 8.28. The predicted molar refractivity (Wildman–Crippen MR) is 131 cm³/mol. The van der Waals surface area contributed by atoms with Crippen molar-refractivity contribution in [3.8, 4) is 0 Å². The SMILES string of the molecule is CNC(=O)CCCCCCc1ccc(NC(=O)CCOCCCc2ccc(C)cc2)cc1. The number of carbonyl (C=O) groups is 2. The van der Waals surface area contributed by atoms with Gasteiger partial charge in [0.1, 0.15) is 0 Å². The van der Waals surface area contributed by atoms with Crippen molar-refractivity contribution in [2.45, 2.75) is 64.7 Å². The van der Waals surface area contributed by atoms with Crippen LogP contribution in [0.5, 0.6) is 0 Å². The Morgan fingerprint density at radius 2 is 1.34 bits per heavy atom. The van der Waals surface area contributed by atoms with Crippen LogP contribution in [0.1, 0.15) is 61.6 Å². The summed E-state index contributed by atoms with van der Waals surface area (Å²) in [6, 6.07) is 16.6. The molecule has 0 heterocycles. The Labute approximate surface area is 192 Å². The zero-order valence-electron chi connectivity index (χ0n) is 19.6. The summed E-state index contributed by atoms with van der Waals surface area (Å²) in [6.45, 7) is 3.20. The monoisotopic (exact) mass is 438 g/mol. The highest BCUT2D eigenvalue weighted by Gasteiger charge is 2.03. The van der Waals surface area contributed by atoms with E-state index in [-0.39, 0.29) is 11.8 Å². The maximum atomic E-state index is 12.1. The van der Waals surface area contributed by atoms with Gasteiger partial charge >= 0.3 is 0 Å². The molecule has 5 nitrogen and oxygen atoms in total. The summed E-state index contributed by atoms with van der Waals surface area (Å²) < 4.78 is 5.62. The third-order valence-corrected chi connectivity index (χ3v) is 5.48. The van der Waals surface area contributed by atoms with Crippen molar-refractivity contribution < 1.29 is 14.3 Å². The fourth-order valence-electron chi connectivity index (χ4n) is 3.47. The molecule has 0 bridgehead atoms. The summed E-state index contributed by atoms with van der Waals surface area (Å²) in [5, 5.41) is 5.59. The summed E-state index contributed by atoms with van der Waals surface area (Å²) in [6.07, 6.45) is 8.21. The Hall–Kier alpha value is -2.66. The van der Waals surface area contributed by atoms with Gasteiger partial charge in [0, 0.05) is 25.8 Å². The Morgan fingerprint density at radius 1 is 0.719 bits per heavy atom. The number of benzene rings is 2. The van der Waals surface area contributed by atoms with Gasteiger partial charge in [0.25, 0.3) is 0 Å². The number of carbonyl (C=O) groups excluding carboxylic acids is 2. The number of ether oxygens (including phenoxy) is 1. The molecule has 2 aromatic rings. The number of unbranched alkanes of at least 4 members (excludes halogenated alkanes) is 3. The van der Waals surface area contributed by atoms with Crippen molar-refractivity contribution in [2.24, 2.45) is 0 Å². The lowest BCUT2D eigenvalue weighted by atomic mass is 10.0. The van der Waals surface area contributed by atoms with Gasteiger partial charge in [-0.2, -0.15) is 0 Å². The van der Waals surface area contributed by atoms with Gasteiger partial charge in [-0.3, -0.25) is 9.59 Å². The molecule has 0 radical (unpaired) electrons. The van der Waals surface area contributed by atoms with E-state index in [0.717, 1.165) is 50.6 Å². The van der Waals surface area contributed by atoms with E-state index in [9.17, 15) is 9.59 Å². The van der Waals surface area contributed by atoms with E-state index in [2.05, 4.69) is 54.0 Å². The molecule has 0 saturated carbocycles. The van der Waals surface area contributed by atoms with Crippen LogP contribution in [0.25, 0.3) is 0 Å². The number of hydrogen-bond acceptors (Lipinski definition) is 3. The van der Waals surface area contributed by atoms with Crippen molar-refractivity contribution in [1.82, 2.24) is 5.32 Å². The van der Waals surface area contributed by atoms with E-state index in [1.807, 2.05) is 12.1 Å². The molecule has 2 rings (SSSR count). The number of nitrogens with one attached hydrogen (secondary N) is 2. The Bertz CT molecular complexity index is 801. The molecule has 0 atom stereocenters. The van der Waals surface area contributed by atoms with Crippen molar-refractivity contribution in [3.05, 3.63) is 65.2 Å². The number of amides is 2. The second kappa shape index (κ2) is 15.2. The lowest BCUT2D eigenvalue weighted by Gasteiger charge is -2.08. The molecule has 0 aliphatic carbocycles. The first-order valence-corrected chi connectivity index (χ1v) is 11.8. The first-order valence-electron chi connectivity index (χ1n) is 11.8. The van der Waals surface area contributed by atoms with Gasteiger partial charge in [0.2, 0.25) is 11.8 Å². The molecule has 32 heavy (non-hydrogen) atoms. The van der Waals surface area contributed by atoms with Crippen LogP contribution in [0.4, 0.5) is 5.69 Å². The third kappa shape index (κ3) is 11.1. The zero-order chi connectivity index (χ0) is 23.0. The average molecular weight is 439 g/mol. The number of rotatable bonds is 15. The van der Waals surface area contributed by atoms with Gasteiger partial charge in [0.05, 0.1) is 13.0 Å². The van der Waals surface area contributed by atoms with Crippen molar-refractivity contribution in [3.63, 3.8) is 0 Å². The minimum atomic E-state index is -0.0209. The molecule has 0 unspecified atom stereocenters. The van der Waals surface area contributed by atoms with Crippen molar-refractivity contribution in [1.29, 1.82) is 0 Å². The highest BCUT2D eigenvalue weighted by molar-refractivity contribution is 5.90. The first kappa shape index (κ1) is 25.6. The lowest BCUT2D eigenvalue weighted by molar-refractivity contribution is -0.120. The second-order valence-electron chi connectivity index (χ2n) is 8.28. The Morgan fingerprint density at radius 3 is 2.03 bits per heavy atom. The highest BCUT2D eigenvalue weighted by atomic mass is 16.5. The molecule has 0 saturated heterocycles. The minimum Gasteiger partial charge on any atom is -0.381 e. The van der Waals surface area contributed by atoms with Gasteiger partial charge in [-0.15, -0.1) is 0 Å². The van der Waals surface area contributed by atoms with E-state index in [0.29, 0.717) is 26.1 Å². The minimum absolute atomic E-state index is 0.0209. The zero-order valence-corrected chi connectivity index (χ0v) is 19.6. The summed E-state index contributed by atoms with van der Waals surface area (Å²) in [5.74, 6) is 0.0970. The van der Waals surface area contributed by atoms with Crippen LogP contribution in [0.3, 0.4) is 0 Å². The van der Waals surface area contributed by atoms with Gasteiger partial charge < -0.3 is 15.4 Å². The first-order chi connectivity index (χ1) is 15.6. The number of aryl methyl sites for hydroxylation is 3. The van der Waals surface area contributed by atoms with Crippen LogP contribution >= 0.6 is 0 Å². The maximum Gasteiger partial charge on any atom is 0.226 e. The molecule has 2 aromatic carbocycles. The largest absolute Gasteiger partial charge is 0.381 e. The lowest BCUT2D eigenvalue weighted by Crippen LogP contribution is -2.16. The van der Waals surface area contributed by atoms with Gasteiger partial charge in [-0.05, 0) is 62.3 Å². The smallest absolute Gasteiger partial charge is 0.226 e. The molecule has 174 valence electrons. The van der Waals surface area contributed by atoms with Crippen LogP contribution in [-0.2, 0) is 27.2 Å². The quantitative estimate of drug-likeness (QED) is 0.375. The molecule has 0 fully saturated rings. The van der Waals surface area contributed by atoms with E-state index in [4.69, 9.17) is 4.74 Å². The summed E-state index contributed by atoms with van der Waals surface area (Å²) in [4.78, 5) is 23.3. The third-order valence-electron chi connectivity index (χ3n) is 5.48. The molecule has 2 N–H and O–H groups in total. The van der Waals surface area contributed by atoms with Crippen LogP contribution in [0.15, 0.2) is 48.5 Å². The number of anilines is 1. The molecule has 0 aliphatic heterocycles. The fourth-order valence-corrected chi connectivity index (χ4v) is 3.47. The van der Waals surface area contributed by atoms with Gasteiger partial charge in [-0.25, -0.2) is 0 Å². The fraction of sp³-hybridized carbons (Fsp3) is 0.481. The van der Waals surface area contributed by atoms with Gasteiger partial charge in [0.15, 0.2) is 0 Å². The highest BCUT2D eigenvalue weighted by Crippen LogP contribution is 2.13. The van der Waals surface area contributed by atoms with Crippen LogP contribution < -0.4 is 10.6 Å². The van der Waals surface area contributed by atoms with Gasteiger partial charge in [-0.1, -0.05) is 54.8 Å². The van der Waals surface area contributed by atoms with E-state index >= 15 is 0 Å². The molecule has 0 aliphatic rings. The molecular weight excluding hydrogens is 400 g/mol. The predicted octanol–water partition coefficient (Wildman–Crippen LogP) is 5.21. The van der Waals surface area contributed by atoms with Crippen LogP contribution in [0, 0.1) is 6.92 Å². The van der Waals surface area contributed by atoms with E-state index < -0.39 is 0 Å². The van der Waals surface area contributed by atoms with E-state index in [1.54, 1.807) is 7.05 Å². The summed E-state index contributed by atoms with van der Waals surface area (Å²) in [7, 11) is 1.68. The topological polar surface area (TPSA) is 67.4 Å². The van der Waals surface area contributed by atoms with Crippen LogP contribution in [-0.4, -0.2) is 32.1 Å². The molecule has 2 amide bonds. The van der Waals surface area contributed by atoms with Crippen molar-refractivity contribution in [2.75, 3.05) is 25.6 Å². The Balaban J connectivity index is 1.51. The Kier molecular flexibility index (Phi) is 12.2. The number of hydrogen-bond donors (Lipinski definition) is 2. The van der Waals surface area contributed by atoms with Crippen molar-refractivity contribution >= 4 is 17.5 Å². The molecule has 0 aromatic heterocycles. The summed E-state index contributed by atoms with van der Waals surface area (Å²) >= 11 is 0. The average Bonchev–Trinajstić information content (AvgIpc) is 2.80. The van der Waals surface area contributed by atoms with E-state index in [1.165, 1.54) is 16.7 Å².